The fourth-order valence-electron chi connectivity index (χ4n) is 2.93. The number of hydrogen-bond acceptors (Lipinski definition) is 3. The molecule has 1 aromatic carbocycles. The average molecular weight is 455 g/mol. The quantitative estimate of drug-likeness (QED) is 0.650. The first-order chi connectivity index (χ1) is 14.9. The monoisotopic (exact) mass is 455 g/mol. The summed E-state index contributed by atoms with van der Waals surface area (Å²) >= 11 is 0. The maximum Gasteiger partial charge on any atom is 0.334 e. The number of nitrogens with zero attached hydrogens (tertiary/aromatic N) is 1. The largest absolute Gasteiger partial charge is 0.334 e. The Labute approximate surface area is 177 Å². The zero-order valence-electron chi connectivity index (χ0n) is 16.3. The van der Waals surface area contributed by atoms with Crippen molar-refractivity contribution in [2.45, 2.75) is 18.5 Å². The summed E-state index contributed by atoms with van der Waals surface area (Å²) in [7, 11) is 0. The lowest BCUT2D eigenvalue weighted by atomic mass is 9.79. The third-order valence-corrected chi connectivity index (χ3v) is 4.65. The second-order valence-corrected chi connectivity index (χ2v) is 7.11. The smallest absolute Gasteiger partial charge is 0.322 e. The molecule has 11 heteroatoms. The number of aromatic nitrogens is 1. The van der Waals surface area contributed by atoms with Crippen molar-refractivity contribution in [1.82, 2.24) is 4.98 Å². The lowest BCUT2D eigenvalue weighted by molar-refractivity contribution is -0.151. The Balaban J connectivity index is 1.83. The fraction of sp³-hybridized carbons (Fsp3) is 0.190. The van der Waals surface area contributed by atoms with E-state index in [1.165, 1.54) is 0 Å². The molecule has 32 heavy (non-hydrogen) atoms. The third kappa shape index (κ3) is 4.82. The Morgan fingerprint density at radius 3 is 2.41 bits per heavy atom. The molecule has 0 fully saturated rings. The van der Waals surface area contributed by atoms with Gasteiger partial charge in [0.2, 0.25) is 0 Å². The zero-order valence-corrected chi connectivity index (χ0v) is 16.3. The molecular weight excluding hydrogens is 440 g/mol. The van der Waals surface area contributed by atoms with Crippen LogP contribution in [0.1, 0.15) is 6.92 Å². The van der Waals surface area contributed by atoms with Crippen LogP contribution < -0.4 is 10.6 Å². The minimum Gasteiger partial charge on any atom is -0.322 e. The Morgan fingerprint density at radius 2 is 1.78 bits per heavy atom. The van der Waals surface area contributed by atoms with E-state index in [1.807, 2.05) is 0 Å². The van der Waals surface area contributed by atoms with Crippen molar-refractivity contribution < 1.29 is 35.9 Å². The number of amides is 2. The Morgan fingerprint density at radius 1 is 1.06 bits per heavy atom. The van der Waals surface area contributed by atoms with Crippen molar-refractivity contribution in [3.63, 3.8) is 0 Å². The van der Waals surface area contributed by atoms with Crippen LogP contribution in [0.4, 0.5) is 37.8 Å². The van der Waals surface area contributed by atoms with Gasteiger partial charge in [0.05, 0.1) is 12.1 Å². The van der Waals surface area contributed by atoms with Gasteiger partial charge in [-0.1, -0.05) is 12.2 Å². The standard InChI is InChI=1S/C21H15F6N3O2/c1-20(25)7-6-11(18(31)29-13-3-4-14(23)15(24)9-13)8-16(20)21(26,27)19(32)30-17-5-2-12(22)10-28-17/h2-10,16H,1H3,(H,29,31)(H,28,30,32). The summed E-state index contributed by atoms with van der Waals surface area (Å²) in [5.41, 5.74) is -3.31. The van der Waals surface area contributed by atoms with Crippen molar-refractivity contribution in [3.8, 4) is 0 Å². The van der Waals surface area contributed by atoms with Crippen molar-refractivity contribution in [2.75, 3.05) is 10.6 Å². The Kier molecular flexibility index (Phi) is 6.11. The van der Waals surface area contributed by atoms with E-state index in [0.717, 1.165) is 37.3 Å². The number of benzene rings is 1. The molecule has 2 atom stereocenters. The van der Waals surface area contributed by atoms with Gasteiger partial charge < -0.3 is 10.6 Å². The van der Waals surface area contributed by atoms with E-state index < -0.39 is 52.3 Å². The molecule has 2 aromatic rings. The summed E-state index contributed by atoms with van der Waals surface area (Å²) in [5.74, 6) is -13.2. The lowest BCUT2D eigenvalue weighted by Crippen LogP contribution is -2.49. The van der Waals surface area contributed by atoms with Crippen LogP contribution in [0.25, 0.3) is 0 Å². The minimum atomic E-state index is -4.35. The molecule has 0 spiro atoms. The molecule has 1 heterocycles. The predicted molar refractivity (Wildman–Crippen MR) is 103 cm³/mol. The van der Waals surface area contributed by atoms with Crippen molar-refractivity contribution >= 4 is 23.3 Å². The van der Waals surface area contributed by atoms with E-state index in [2.05, 4.69) is 10.3 Å². The first-order valence-electron chi connectivity index (χ1n) is 9.07. The molecule has 1 aliphatic carbocycles. The van der Waals surface area contributed by atoms with Crippen LogP contribution in [0.15, 0.2) is 60.3 Å². The molecule has 0 saturated carbocycles. The summed E-state index contributed by atoms with van der Waals surface area (Å²) < 4.78 is 83.8. The minimum absolute atomic E-state index is 0.166. The average Bonchev–Trinajstić information content (AvgIpc) is 2.72. The normalized spacial score (nSPS) is 20.5. The van der Waals surface area contributed by atoms with Gasteiger partial charge in [0, 0.05) is 17.3 Å². The number of anilines is 2. The predicted octanol–water partition coefficient (Wildman–Crippen LogP) is 4.55. The SMILES string of the molecule is CC1(F)C=CC(C(=O)Nc2ccc(F)c(F)c2)=CC1C(F)(F)C(=O)Nc1ccc(F)cn1. The molecule has 0 saturated heterocycles. The topological polar surface area (TPSA) is 71.1 Å². The van der Waals surface area contributed by atoms with Gasteiger partial charge in [-0.2, -0.15) is 8.78 Å². The van der Waals surface area contributed by atoms with Gasteiger partial charge >= 0.3 is 5.92 Å². The Hall–Kier alpha value is -3.63. The number of carbonyl (C=O) groups is 2. The first kappa shape index (κ1) is 23.0. The molecular formula is C21H15F6N3O2. The van der Waals surface area contributed by atoms with Crippen LogP contribution in [0, 0.1) is 23.4 Å². The number of pyridine rings is 1. The number of hydrogen-bond donors (Lipinski definition) is 2. The van der Waals surface area contributed by atoms with Crippen molar-refractivity contribution in [2.24, 2.45) is 5.92 Å². The molecule has 0 bridgehead atoms. The molecule has 3 rings (SSSR count). The molecule has 168 valence electrons. The highest BCUT2D eigenvalue weighted by atomic mass is 19.3. The van der Waals surface area contributed by atoms with Gasteiger partial charge in [-0.3, -0.25) is 9.59 Å². The van der Waals surface area contributed by atoms with Crippen LogP contribution >= 0.6 is 0 Å². The molecule has 2 N–H and O–H groups in total. The molecule has 1 aliphatic rings. The van der Waals surface area contributed by atoms with E-state index >= 15 is 0 Å². The highest BCUT2D eigenvalue weighted by Gasteiger charge is 2.55. The van der Waals surface area contributed by atoms with Crippen LogP contribution in [-0.2, 0) is 9.59 Å². The fourth-order valence-corrected chi connectivity index (χ4v) is 2.93. The summed E-state index contributed by atoms with van der Waals surface area (Å²) in [4.78, 5) is 28.0. The second-order valence-electron chi connectivity index (χ2n) is 7.11. The van der Waals surface area contributed by atoms with Crippen molar-refractivity contribution in [1.29, 1.82) is 0 Å². The number of carbonyl (C=O) groups excluding carboxylic acids is 2. The number of halogens is 6. The highest BCUT2D eigenvalue weighted by Crippen LogP contribution is 2.42. The number of alkyl halides is 3. The van der Waals surface area contributed by atoms with E-state index in [9.17, 15) is 35.9 Å². The third-order valence-electron chi connectivity index (χ3n) is 4.65. The van der Waals surface area contributed by atoms with Crippen LogP contribution in [0.5, 0.6) is 0 Å². The van der Waals surface area contributed by atoms with Crippen molar-refractivity contribution in [3.05, 3.63) is 77.8 Å². The van der Waals surface area contributed by atoms with E-state index in [4.69, 9.17) is 0 Å². The molecule has 2 amide bonds. The molecule has 2 unspecified atom stereocenters. The van der Waals surface area contributed by atoms with Gasteiger partial charge in [0.25, 0.3) is 11.8 Å². The van der Waals surface area contributed by atoms with Gasteiger partial charge in [-0.05, 0) is 37.3 Å². The number of rotatable bonds is 5. The summed E-state index contributed by atoms with van der Waals surface area (Å²) in [6, 6.07) is 4.28. The number of nitrogens with one attached hydrogen (secondary N) is 2. The van der Waals surface area contributed by atoms with Gasteiger partial charge in [-0.25, -0.2) is 22.5 Å². The maximum absolute atomic E-state index is 14.9. The van der Waals surface area contributed by atoms with Crippen LogP contribution in [0.3, 0.4) is 0 Å². The lowest BCUT2D eigenvalue weighted by Gasteiger charge is -2.33. The number of allylic oxidation sites excluding steroid dienone is 2. The van der Waals surface area contributed by atoms with Gasteiger partial charge in [0.1, 0.15) is 17.3 Å². The van der Waals surface area contributed by atoms with Gasteiger partial charge in [-0.15, -0.1) is 0 Å². The Bertz CT molecular complexity index is 1110. The molecule has 0 aliphatic heterocycles. The summed E-state index contributed by atoms with van der Waals surface area (Å²) in [5, 5.41) is 3.95. The molecule has 5 nitrogen and oxygen atoms in total. The second kappa shape index (κ2) is 8.48. The van der Waals surface area contributed by atoms with Gasteiger partial charge in [0.15, 0.2) is 11.6 Å². The van der Waals surface area contributed by atoms with E-state index in [0.29, 0.717) is 24.4 Å². The molecule has 1 aromatic heterocycles. The van der Waals surface area contributed by atoms with Crippen LogP contribution in [0.2, 0.25) is 0 Å². The summed E-state index contributed by atoms with van der Waals surface area (Å²) in [6.45, 7) is 0.798. The summed E-state index contributed by atoms with van der Waals surface area (Å²) in [6.07, 6.45) is 2.89. The first-order valence-corrected chi connectivity index (χ1v) is 9.07. The van der Waals surface area contributed by atoms with Crippen LogP contribution in [-0.4, -0.2) is 28.4 Å². The van der Waals surface area contributed by atoms with E-state index in [-0.39, 0.29) is 11.5 Å². The highest BCUT2D eigenvalue weighted by molar-refractivity contribution is 6.06. The molecule has 0 radical (unpaired) electrons. The maximum atomic E-state index is 14.9. The zero-order chi connectivity index (χ0) is 23.7. The van der Waals surface area contributed by atoms with E-state index in [1.54, 1.807) is 5.32 Å².